The lowest BCUT2D eigenvalue weighted by Gasteiger charge is -2.06. The molecule has 0 aliphatic carbocycles. The largest absolute Gasteiger partial charge is 0.481 e. The van der Waals surface area contributed by atoms with E-state index in [1.165, 1.54) is 0 Å². The number of unbranched alkanes of at least 4 members (excludes halogenated alkanes) is 1. The van der Waals surface area contributed by atoms with Crippen molar-refractivity contribution in [3.05, 3.63) is 18.2 Å². The van der Waals surface area contributed by atoms with Crippen molar-refractivity contribution in [2.45, 2.75) is 12.8 Å². The molecule has 0 saturated heterocycles. The van der Waals surface area contributed by atoms with Crippen LogP contribution in [0.5, 0.6) is 5.88 Å². The Labute approximate surface area is 90.6 Å². The Bertz CT molecular complexity index is 279. The van der Waals surface area contributed by atoms with Crippen LogP contribution in [0.2, 0.25) is 0 Å². The van der Waals surface area contributed by atoms with Gasteiger partial charge in [-0.2, -0.15) is 4.98 Å². The van der Waals surface area contributed by atoms with Gasteiger partial charge in [0.15, 0.2) is 0 Å². The molecule has 1 N–H and O–H groups in total. The molecule has 1 aromatic heterocycles. The third-order valence-electron chi connectivity index (χ3n) is 2.01. The van der Waals surface area contributed by atoms with Crippen LogP contribution in [-0.4, -0.2) is 32.4 Å². The number of pyridine rings is 1. The first-order valence-corrected chi connectivity index (χ1v) is 5.10. The summed E-state index contributed by atoms with van der Waals surface area (Å²) in [5.74, 6) is 1.49. The van der Waals surface area contributed by atoms with Gasteiger partial charge in [0.1, 0.15) is 5.82 Å². The first-order valence-electron chi connectivity index (χ1n) is 5.10. The highest BCUT2D eigenvalue weighted by atomic mass is 16.5. The molecule has 0 atom stereocenters. The number of rotatable bonds is 7. The van der Waals surface area contributed by atoms with Gasteiger partial charge in [0.05, 0.1) is 7.11 Å². The molecule has 0 amide bonds. The molecular formula is C11H18N2O2. The fourth-order valence-corrected chi connectivity index (χ4v) is 1.21. The number of hydrogen-bond donors (Lipinski definition) is 1. The van der Waals surface area contributed by atoms with Crippen LogP contribution in [0.15, 0.2) is 18.2 Å². The summed E-state index contributed by atoms with van der Waals surface area (Å²) in [7, 11) is 3.34. The van der Waals surface area contributed by atoms with E-state index in [0.717, 1.165) is 31.8 Å². The Kier molecular flexibility index (Phi) is 5.55. The van der Waals surface area contributed by atoms with E-state index >= 15 is 0 Å². The molecule has 4 heteroatoms. The highest BCUT2D eigenvalue weighted by molar-refractivity contribution is 5.36. The standard InChI is InChI=1S/C11H18N2O2/c1-14-9-4-3-8-12-10-6-5-7-11(13-10)15-2/h5-7H,3-4,8-9H2,1-2H3,(H,12,13). The van der Waals surface area contributed by atoms with Gasteiger partial charge in [-0.1, -0.05) is 6.07 Å². The lowest BCUT2D eigenvalue weighted by molar-refractivity contribution is 0.194. The molecule has 0 bridgehead atoms. The average molecular weight is 210 g/mol. The molecule has 4 nitrogen and oxygen atoms in total. The third-order valence-corrected chi connectivity index (χ3v) is 2.01. The second-order valence-electron chi connectivity index (χ2n) is 3.19. The average Bonchev–Trinajstić information content (AvgIpc) is 2.29. The van der Waals surface area contributed by atoms with Crippen molar-refractivity contribution < 1.29 is 9.47 Å². The highest BCUT2D eigenvalue weighted by Gasteiger charge is 1.95. The second-order valence-corrected chi connectivity index (χ2v) is 3.19. The van der Waals surface area contributed by atoms with Gasteiger partial charge in [-0.25, -0.2) is 0 Å². The summed E-state index contributed by atoms with van der Waals surface area (Å²) in [5, 5.41) is 3.23. The predicted octanol–water partition coefficient (Wildman–Crippen LogP) is 1.93. The van der Waals surface area contributed by atoms with Gasteiger partial charge in [-0.3, -0.25) is 0 Å². The summed E-state index contributed by atoms with van der Waals surface area (Å²) in [6.45, 7) is 1.72. The molecule has 0 aromatic carbocycles. The van der Waals surface area contributed by atoms with Crippen LogP contribution in [0.3, 0.4) is 0 Å². The van der Waals surface area contributed by atoms with Gasteiger partial charge in [-0.05, 0) is 18.9 Å². The van der Waals surface area contributed by atoms with Gasteiger partial charge in [0.25, 0.3) is 0 Å². The van der Waals surface area contributed by atoms with Crippen molar-refractivity contribution >= 4 is 5.82 Å². The summed E-state index contributed by atoms with van der Waals surface area (Å²) in [6, 6.07) is 5.68. The summed E-state index contributed by atoms with van der Waals surface area (Å²) in [4.78, 5) is 4.24. The maximum atomic E-state index is 5.03. The predicted molar refractivity (Wildman–Crippen MR) is 60.4 cm³/mol. The topological polar surface area (TPSA) is 43.4 Å². The van der Waals surface area contributed by atoms with E-state index in [2.05, 4.69) is 10.3 Å². The molecule has 1 rings (SSSR count). The van der Waals surface area contributed by atoms with Crippen LogP contribution in [0.1, 0.15) is 12.8 Å². The number of aromatic nitrogens is 1. The first-order chi connectivity index (χ1) is 7.36. The summed E-state index contributed by atoms with van der Waals surface area (Å²) in [5.41, 5.74) is 0. The zero-order valence-corrected chi connectivity index (χ0v) is 9.32. The van der Waals surface area contributed by atoms with Gasteiger partial charge in [0, 0.05) is 26.3 Å². The summed E-state index contributed by atoms with van der Waals surface area (Å²) >= 11 is 0. The van der Waals surface area contributed by atoms with Crippen molar-refractivity contribution in [3.63, 3.8) is 0 Å². The SMILES string of the molecule is COCCCCNc1cccc(OC)n1. The molecule has 0 aliphatic rings. The molecule has 0 fully saturated rings. The fraction of sp³-hybridized carbons (Fsp3) is 0.545. The number of anilines is 1. The second kappa shape index (κ2) is 7.06. The fourth-order valence-electron chi connectivity index (χ4n) is 1.21. The number of nitrogens with zero attached hydrogens (tertiary/aromatic N) is 1. The van der Waals surface area contributed by atoms with E-state index in [9.17, 15) is 0 Å². The van der Waals surface area contributed by atoms with E-state index in [1.54, 1.807) is 14.2 Å². The van der Waals surface area contributed by atoms with Crippen LogP contribution >= 0.6 is 0 Å². The molecular weight excluding hydrogens is 192 g/mol. The Morgan fingerprint density at radius 2 is 2.13 bits per heavy atom. The highest BCUT2D eigenvalue weighted by Crippen LogP contribution is 2.10. The van der Waals surface area contributed by atoms with Crippen LogP contribution in [0.25, 0.3) is 0 Å². The van der Waals surface area contributed by atoms with E-state index in [4.69, 9.17) is 9.47 Å². The van der Waals surface area contributed by atoms with Crippen LogP contribution < -0.4 is 10.1 Å². The molecule has 0 radical (unpaired) electrons. The quantitative estimate of drug-likeness (QED) is 0.698. The van der Waals surface area contributed by atoms with Gasteiger partial charge < -0.3 is 14.8 Å². The summed E-state index contributed by atoms with van der Waals surface area (Å²) in [6.07, 6.45) is 2.14. The Hall–Kier alpha value is -1.29. The smallest absolute Gasteiger partial charge is 0.214 e. The zero-order chi connectivity index (χ0) is 10.9. The molecule has 15 heavy (non-hydrogen) atoms. The molecule has 84 valence electrons. The van der Waals surface area contributed by atoms with Crippen molar-refractivity contribution in [3.8, 4) is 5.88 Å². The Morgan fingerprint density at radius 3 is 2.87 bits per heavy atom. The number of nitrogens with one attached hydrogen (secondary N) is 1. The van der Waals surface area contributed by atoms with Gasteiger partial charge >= 0.3 is 0 Å². The van der Waals surface area contributed by atoms with Crippen molar-refractivity contribution in [2.75, 3.05) is 32.7 Å². The van der Waals surface area contributed by atoms with Crippen LogP contribution in [-0.2, 0) is 4.74 Å². The molecule has 1 heterocycles. The minimum absolute atomic E-state index is 0.636. The maximum Gasteiger partial charge on any atom is 0.214 e. The van der Waals surface area contributed by atoms with Gasteiger partial charge in [0.2, 0.25) is 5.88 Å². The minimum Gasteiger partial charge on any atom is -0.481 e. The number of hydrogen-bond acceptors (Lipinski definition) is 4. The monoisotopic (exact) mass is 210 g/mol. The lowest BCUT2D eigenvalue weighted by atomic mass is 10.3. The Morgan fingerprint density at radius 1 is 1.27 bits per heavy atom. The van der Waals surface area contributed by atoms with Crippen LogP contribution in [0, 0.1) is 0 Å². The zero-order valence-electron chi connectivity index (χ0n) is 9.32. The number of ether oxygens (including phenoxy) is 2. The summed E-state index contributed by atoms with van der Waals surface area (Å²) < 4.78 is 10.00. The first kappa shape index (κ1) is 11.8. The Balaban J connectivity index is 2.24. The van der Waals surface area contributed by atoms with Crippen LogP contribution in [0.4, 0.5) is 5.82 Å². The van der Waals surface area contributed by atoms with E-state index in [-0.39, 0.29) is 0 Å². The van der Waals surface area contributed by atoms with Crippen molar-refractivity contribution in [1.82, 2.24) is 4.98 Å². The molecule has 0 spiro atoms. The van der Waals surface area contributed by atoms with Gasteiger partial charge in [-0.15, -0.1) is 0 Å². The van der Waals surface area contributed by atoms with E-state index < -0.39 is 0 Å². The van der Waals surface area contributed by atoms with Crippen molar-refractivity contribution in [2.24, 2.45) is 0 Å². The van der Waals surface area contributed by atoms with Crippen molar-refractivity contribution in [1.29, 1.82) is 0 Å². The molecule has 0 unspecified atom stereocenters. The van der Waals surface area contributed by atoms with E-state index in [0.29, 0.717) is 5.88 Å². The molecule has 0 saturated carbocycles. The molecule has 0 aliphatic heterocycles. The minimum atomic E-state index is 0.636. The molecule has 1 aromatic rings. The third kappa shape index (κ3) is 4.65. The number of methoxy groups -OCH3 is 2. The maximum absolute atomic E-state index is 5.03. The normalized spacial score (nSPS) is 10.0. The lowest BCUT2D eigenvalue weighted by Crippen LogP contribution is -2.04. The van der Waals surface area contributed by atoms with E-state index in [1.807, 2.05) is 18.2 Å².